The van der Waals surface area contributed by atoms with Gasteiger partial charge in [0.1, 0.15) is 4.90 Å². The zero-order valence-electron chi connectivity index (χ0n) is 11.4. The summed E-state index contributed by atoms with van der Waals surface area (Å²) >= 11 is 1.10. The highest BCUT2D eigenvalue weighted by Crippen LogP contribution is 2.21. The standard InChI is InChI=1S/C11H14N4O4S2/c1-3-19-10(16)4-8-6-20-11(13-8)15-21(17,18)9-5-12-14-7(9)2/h5-6H,3-4H2,1-2H3,(H,12,14)(H,13,15). The van der Waals surface area contributed by atoms with Gasteiger partial charge in [-0.1, -0.05) is 0 Å². The molecule has 0 aliphatic heterocycles. The van der Waals surface area contributed by atoms with E-state index in [1.807, 2.05) is 0 Å². The van der Waals surface area contributed by atoms with Crippen molar-refractivity contribution in [3.05, 3.63) is 23.0 Å². The Morgan fingerprint density at radius 2 is 2.29 bits per heavy atom. The number of hydrogen-bond donors (Lipinski definition) is 2. The smallest absolute Gasteiger partial charge is 0.311 e. The topological polar surface area (TPSA) is 114 Å². The van der Waals surface area contributed by atoms with Gasteiger partial charge in [-0.3, -0.25) is 14.6 Å². The van der Waals surface area contributed by atoms with Crippen molar-refractivity contribution in [1.82, 2.24) is 15.2 Å². The first-order valence-corrected chi connectivity index (χ1v) is 8.41. The van der Waals surface area contributed by atoms with Crippen LogP contribution in [-0.4, -0.2) is 36.2 Å². The number of ether oxygens (including phenoxy) is 1. The van der Waals surface area contributed by atoms with Crippen molar-refractivity contribution in [2.75, 3.05) is 11.3 Å². The Bertz CT molecular complexity index is 735. The number of carbonyl (C=O) groups is 1. The number of sulfonamides is 1. The number of H-pyrrole nitrogens is 1. The summed E-state index contributed by atoms with van der Waals surface area (Å²) in [4.78, 5) is 15.4. The second kappa shape index (κ2) is 6.22. The summed E-state index contributed by atoms with van der Waals surface area (Å²) in [6, 6.07) is 0. The third-order valence-electron chi connectivity index (χ3n) is 2.48. The quantitative estimate of drug-likeness (QED) is 0.766. The summed E-state index contributed by atoms with van der Waals surface area (Å²) in [7, 11) is -3.74. The van der Waals surface area contributed by atoms with E-state index in [4.69, 9.17) is 4.74 Å². The maximum atomic E-state index is 12.1. The van der Waals surface area contributed by atoms with Gasteiger partial charge in [-0.2, -0.15) is 5.10 Å². The van der Waals surface area contributed by atoms with Gasteiger partial charge in [-0.25, -0.2) is 13.4 Å². The minimum atomic E-state index is -3.74. The largest absolute Gasteiger partial charge is 0.466 e. The molecule has 0 atom stereocenters. The molecular weight excluding hydrogens is 316 g/mol. The normalized spacial score (nSPS) is 11.3. The van der Waals surface area contributed by atoms with Crippen LogP contribution in [0.5, 0.6) is 0 Å². The predicted octanol–water partition coefficient (Wildman–Crippen LogP) is 1.08. The molecule has 10 heteroatoms. The van der Waals surface area contributed by atoms with Gasteiger partial charge in [-0.15, -0.1) is 11.3 Å². The second-order valence-corrected chi connectivity index (χ2v) is 6.60. The summed E-state index contributed by atoms with van der Waals surface area (Å²) in [5.74, 6) is -0.400. The fourth-order valence-corrected chi connectivity index (χ4v) is 3.68. The predicted molar refractivity (Wildman–Crippen MR) is 76.6 cm³/mol. The van der Waals surface area contributed by atoms with Gasteiger partial charge in [0.2, 0.25) is 0 Å². The van der Waals surface area contributed by atoms with E-state index in [0.717, 1.165) is 11.3 Å². The molecule has 0 unspecified atom stereocenters. The van der Waals surface area contributed by atoms with Crippen molar-refractivity contribution in [3.8, 4) is 0 Å². The van der Waals surface area contributed by atoms with Crippen molar-refractivity contribution in [1.29, 1.82) is 0 Å². The summed E-state index contributed by atoms with van der Waals surface area (Å²) in [6.07, 6.45) is 1.24. The van der Waals surface area contributed by atoms with E-state index in [9.17, 15) is 13.2 Å². The number of aryl methyl sites for hydroxylation is 1. The highest BCUT2D eigenvalue weighted by Gasteiger charge is 2.20. The molecule has 0 amide bonds. The molecule has 0 spiro atoms. The summed E-state index contributed by atoms with van der Waals surface area (Å²) in [6.45, 7) is 3.61. The van der Waals surface area contributed by atoms with E-state index in [1.165, 1.54) is 6.20 Å². The molecule has 2 N–H and O–H groups in total. The zero-order valence-corrected chi connectivity index (χ0v) is 13.0. The van der Waals surface area contributed by atoms with Crippen LogP contribution in [0.1, 0.15) is 18.3 Å². The number of hydrogen-bond acceptors (Lipinski definition) is 7. The highest BCUT2D eigenvalue weighted by atomic mass is 32.2. The molecule has 2 rings (SSSR count). The average molecular weight is 330 g/mol. The SMILES string of the molecule is CCOC(=O)Cc1csc(NS(=O)(=O)c2cn[nH]c2C)n1. The fraction of sp³-hybridized carbons (Fsp3) is 0.364. The number of esters is 1. The Balaban J connectivity index is 2.09. The molecule has 0 radical (unpaired) electrons. The van der Waals surface area contributed by atoms with Crippen LogP contribution in [0.25, 0.3) is 0 Å². The highest BCUT2D eigenvalue weighted by molar-refractivity contribution is 7.93. The molecule has 21 heavy (non-hydrogen) atoms. The minimum Gasteiger partial charge on any atom is -0.466 e. The molecule has 0 saturated heterocycles. The zero-order chi connectivity index (χ0) is 15.5. The van der Waals surface area contributed by atoms with Crippen molar-refractivity contribution >= 4 is 32.5 Å². The number of thiazole rings is 1. The lowest BCUT2D eigenvalue weighted by atomic mass is 10.3. The van der Waals surface area contributed by atoms with Crippen LogP contribution >= 0.6 is 11.3 Å². The van der Waals surface area contributed by atoms with E-state index in [1.54, 1.807) is 19.2 Å². The summed E-state index contributed by atoms with van der Waals surface area (Å²) in [5.41, 5.74) is 0.894. The Labute approximate surface area is 125 Å². The first-order valence-electron chi connectivity index (χ1n) is 6.05. The third kappa shape index (κ3) is 3.79. The van der Waals surface area contributed by atoms with Crippen molar-refractivity contribution in [2.45, 2.75) is 25.2 Å². The number of anilines is 1. The van der Waals surface area contributed by atoms with Crippen molar-refractivity contribution in [3.63, 3.8) is 0 Å². The number of aromatic amines is 1. The molecule has 114 valence electrons. The van der Waals surface area contributed by atoms with Crippen molar-refractivity contribution < 1.29 is 17.9 Å². The van der Waals surface area contributed by atoms with Crippen LogP contribution in [-0.2, 0) is 26.0 Å². The molecule has 2 heterocycles. The maximum absolute atomic E-state index is 12.1. The van der Waals surface area contributed by atoms with Gasteiger partial charge in [0.15, 0.2) is 5.13 Å². The summed E-state index contributed by atoms with van der Waals surface area (Å²) < 4.78 is 31.4. The van der Waals surface area contributed by atoms with E-state index in [-0.39, 0.29) is 16.4 Å². The lowest BCUT2D eigenvalue weighted by Crippen LogP contribution is -2.13. The molecule has 8 nitrogen and oxygen atoms in total. The fourth-order valence-electron chi connectivity index (χ4n) is 1.58. The number of aromatic nitrogens is 3. The van der Waals surface area contributed by atoms with Gasteiger partial charge >= 0.3 is 5.97 Å². The molecular formula is C11H14N4O4S2. The molecule has 2 aromatic rings. The first-order chi connectivity index (χ1) is 9.92. The third-order valence-corrected chi connectivity index (χ3v) is 4.87. The van der Waals surface area contributed by atoms with Crippen LogP contribution in [0.3, 0.4) is 0 Å². The Morgan fingerprint density at radius 1 is 1.52 bits per heavy atom. The summed E-state index contributed by atoms with van der Waals surface area (Å²) in [5, 5.41) is 8.03. The second-order valence-electron chi connectivity index (χ2n) is 4.09. The molecule has 2 aromatic heterocycles. The molecule has 0 aromatic carbocycles. The van der Waals surface area contributed by atoms with E-state index in [2.05, 4.69) is 19.9 Å². The van der Waals surface area contributed by atoms with Crippen LogP contribution in [0, 0.1) is 6.92 Å². The molecule has 0 fully saturated rings. The van der Waals surface area contributed by atoms with E-state index >= 15 is 0 Å². The maximum Gasteiger partial charge on any atom is 0.311 e. The number of nitrogens with zero attached hydrogens (tertiary/aromatic N) is 2. The van der Waals surface area contributed by atoms with Gasteiger partial charge < -0.3 is 4.74 Å². The molecule has 0 bridgehead atoms. The first kappa shape index (κ1) is 15.4. The van der Waals surface area contributed by atoms with Crippen LogP contribution < -0.4 is 4.72 Å². The van der Waals surface area contributed by atoms with E-state index in [0.29, 0.717) is 18.0 Å². The number of rotatable bonds is 6. The lowest BCUT2D eigenvalue weighted by molar-refractivity contribution is -0.142. The number of carbonyl (C=O) groups excluding carboxylic acids is 1. The monoisotopic (exact) mass is 330 g/mol. The average Bonchev–Trinajstić information content (AvgIpc) is 2.98. The van der Waals surface area contributed by atoms with E-state index < -0.39 is 16.0 Å². The Kier molecular flexibility index (Phi) is 4.58. The van der Waals surface area contributed by atoms with Crippen molar-refractivity contribution in [2.24, 2.45) is 0 Å². The Morgan fingerprint density at radius 3 is 2.90 bits per heavy atom. The van der Waals surface area contributed by atoms with Gasteiger partial charge in [-0.05, 0) is 13.8 Å². The molecule has 0 saturated carbocycles. The van der Waals surface area contributed by atoms with Gasteiger partial charge in [0.25, 0.3) is 10.0 Å². The minimum absolute atomic E-state index is 0.0107. The Hall–Kier alpha value is -1.94. The number of nitrogens with one attached hydrogen (secondary N) is 2. The van der Waals surface area contributed by atoms with Crippen LogP contribution in [0.2, 0.25) is 0 Å². The lowest BCUT2D eigenvalue weighted by Gasteiger charge is -2.03. The van der Waals surface area contributed by atoms with Gasteiger partial charge in [0.05, 0.1) is 30.6 Å². The van der Waals surface area contributed by atoms with Gasteiger partial charge in [0, 0.05) is 5.38 Å². The van der Waals surface area contributed by atoms with Crippen LogP contribution in [0.15, 0.2) is 16.5 Å². The molecule has 0 aliphatic rings. The molecule has 0 aliphatic carbocycles. The van der Waals surface area contributed by atoms with Crippen LogP contribution in [0.4, 0.5) is 5.13 Å².